The van der Waals surface area contributed by atoms with Crippen molar-refractivity contribution in [1.82, 2.24) is 25.3 Å². The molecule has 2 fully saturated rings. The van der Waals surface area contributed by atoms with Gasteiger partial charge in [0.2, 0.25) is 5.95 Å². The van der Waals surface area contributed by atoms with Gasteiger partial charge in [-0.2, -0.15) is 5.26 Å². The summed E-state index contributed by atoms with van der Waals surface area (Å²) in [7, 11) is 1.73. The molecule has 1 saturated heterocycles. The Morgan fingerprint density at radius 1 is 1.12 bits per heavy atom. The fourth-order valence-corrected chi connectivity index (χ4v) is 4.50. The highest BCUT2D eigenvalue weighted by atomic mass is 16.5. The molecule has 2 aromatic heterocycles. The van der Waals surface area contributed by atoms with E-state index in [0.29, 0.717) is 49.3 Å². The fraction of sp³-hybridized carbons (Fsp3) is 0.625. The highest BCUT2D eigenvalue weighted by Crippen LogP contribution is 2.30. The molecule has 1 aliphatic carbocycles. The summed E-state index contributed by atoms with van der Waals surface area (Å²) in [6.45, 7) is 3.40. The number of nitrogens with zero attached hydrogens (tertiary/aromatic N) is 5. The molecular formula is C24H34N8O2. The molecule has 1 aliphatic heterocycles. The summed E-state index contributed by atoms with van der Waals surface area (Å²) in [5.41, 5.74) is 1.03. The average molecular weight is 467 g/mol. The van der Waals surface area contributed by atoms with Crippen LogP contribution in [0.15, 0.2) is 24.7 Å². The van der Waals surface area contributed by atoms with Crippen molar-refractivity contribution >= 4 is 11.8 Å². The summed E-state index contributed by atoms with van der Waals surface area (Å²) in [6, 6.07) is 7.10. The lowest BCUT2D eigenvalue weighted by molar-refractivity contribution is 0.0455. The molecule has 0 radical (unpaired) electrons. The smallest absolute Gasteiger partial charge is 0.223 e. The van der Waals surface area contributed by atoms with Gasteiger partial charge in [-0.05, 0) is 44.6 Å². The van der Waals surface area contributed by atoms with Crippen LogP contribution in [0.2, 0.25) is 0 Å². The molecule has 0 atom stereocenters. The molecule has 3 heterocycles. The van der Waals surface area contributed by atoms with Crippen molar-refractivity contribution in [2.24, 2.45) is 5.41 Å². The quantitative estimate of drug-likeness (QED) is 0.449. The minimum atomic E-state index is -0.423. The van der Waals surface area contributed by atoms with Crippen molar-refractivity contribution < 1.29 is 9.47 Å². The maximum absolute atomic E-state index is 9.67. The first-order valence-electron chi connectivity index (χ1n) is 12.1. The minimum absolute atomic E-state index is 0.361. The lowest BCUT2D eigenvalue weighted by Crippen LogP contribution is -2.38. The predicted molar refractivity (Wildman–Crippen MR) is 129 cm³/mol. The molecule has 0 amide bonds. The van der Waals surface area contributed by atoms with E-state index in [2.05, 4.69) is 37.0 Å². The lowest BCUT2D eigenvalue weighted by Gasteiger charge is -2.30. The van der Waals surface area contributed by atoms with Gasteiger partial charge in [-0.3, -0.25) is 0 Å². The summed E-state index contributed by atoms with van der Waals surface area (Å²) in [5, 5.41) is 20.0. The number of aromatic nitrogens is 4. The van der Waals surface area contributed by atoms with E-state index < -0.39 is 5.41 Å². The van der Waals surface area contributed by atoms with Crippen LogP contribution >= 0.6 is 0 Å². The van der Waals surface area contributed by atoms with Gasteiger partial charge in [0.05, 0.1) is 29.5 Å². The van der Waals surface area contributed by atoms with Crippen LogP contribution in [-0.4, -0.2) is 72.0 Å². The van der Waals surface area contributed by atoms with Gasteiger partial charge >= 0.3 is 0 Å². The van der Waals surface area contributed by atoms with E-state index in [9.17, 15) is 5.26 Å². The summed E-state index contributed by atoms with van der Waals surface area (Å²) < 4.78 is 10.5. The number of nitriles is 1. The van der Waals surface area contributed by atoms with Crippen molar-refractivity contribution in [3.8, 4) is 17.5 Å². The summed E-state index contributed by atoms with van der Waals surface area (Å²) in [5.74, 6) is 1.30. The lowest BCUT2D eigenvalue weighted by atomic mass is 9.82. The molecule has 182 valence electrons. The summed E-state index contributed by atoms with van der Waals surface area (Å²) in [6.07, 6.45) is 9.12. The molecular weight excluding hydrogens is 432 g/mol. The molecule has 3 N–H and O–H groups in total. The number of hydrogen-bond donors (Lipinski definition) is 3. The van der Waals surface area contributed by atoms with E-state index in [1.807, 2.05) is 12.1 Å². The Morgan fingerprint density at radius 2 is 1.91 bits per heavy atom. The first-order valence-corrected chi connectivity index (χ1v) is 12.1. The van der Waals surface area contributed by atoms with Gasteiger partial charge in [-0.25, -0.2) is 19.9 Å². The minimum Gasteiger partial charge on any atom is -0.383 e. The Morgan fingerprint density at radius 3 is 2.68 bits per heavy atom. The Kier molecular flexibility index (Phi) is 8.57. The van der Waals surface area contributed by atoms with Crippen LogP contribution in [0.1, 0.15) is 38.5 Å². The Bertz CT molecular complexity index is 952. The topological polar surface area (TPSA) is 130 Å². The number of methoxy groups -OCH3 is 1. The number of rotatable bonds is 10. The normalized spacial score (nSPS) is 22.0. The van der Waals surface area contributed by atoms with Crippen LogP contribution in [0, 0.1) is 16.7 Å². The summed E-state index contributed by atoms with van der Waals surface area (Å²) >= 11 is 0. The van der Waals surface area contributed by atoms with Crippen LogP contribution < -0.4 is 16.0 Å². The van der Waals surface area contributed by atoms with Crippen molar-refractivity contribution in [3.05, 3.63) is 24.7 Å². The number of ether oxygens (including phenoxy) is 2. The Labute approximate surface area is 200 Å². The highest BCUT2D eigenvalue weighted by Gasteiger charge is 2.32. The van der Waals surface area contributed by atoms with Gasteiger partial charge in [0.15, 0.2) is 0 Å². The van der Waals surface area contributed by atoms with Gasteiger partial charge in [0.25, 0.3) is 0 Å². The fourth-order valence-electron chi connectivity index (χ4n) is 4.50. The van der Waals surface area contributed by atoms with Crippen LogP contribution in [0.4, 0.5) is 11.8 Å². The van der Waals surface area contributed by atoms with E-state index in [0.717, 1.165) is 57.4 Å². The molecule has 10 nitrogen and oxygen atoms in total. The van der Waals surface area contributed by atoms with E-state index in [4.69, 9.17) is 14.5 Å². The van der Waals surface area contributed by atoms with Crippen LogP contribution in [0.3, 0.4) is 0 Å². The molecule has 0 bridgehead atoms. The standard InChI is InChI=1S/C24H34N8O2/c1-33-13-10-26-18-2-4-19(5-3-18)31-23-27-9-6-20(32-23)21-14-22(30-17-29-21)28-16-24(15-25)7-11-34-12-8-24/h6,9,14,17-19,26H,2-5,7-8,10-13,16H2,1H3,(H,27,31,32)(H,28,29,30). The second-order valence-corrected chi connectivity index (χ2v) is 9.05. The van der Waals surface area contributed by atoms with Crippen molar-refractivity contribution in [2.45, 2.75) is 50.6 Å². The first-order chi connectivity index (χ1) is 16.7. The molecule has 2 aromatic rings. The number of anilines is 2. The zero-order chi connectivity index (χ0) is 23.6. The number of nitrogens with one attached hydrogen (secondary N) is 3. The number of hydrogen-bond acceptors (Lipinski definition) is 10. The predicted octanol–water partition coefficient (Wildman–Crippen LogP) is 2.62. The van der Waals surface area contributed by atoms with Gasteiger partial charge < -0.3 is 25.4 Å². The van der Waals surface area contributed by atoms with E-state index in [1.54, 1.807) is 13.3 Å². The zero-order valence-corrected chi connectivity index (χ0v) is 19.8. The van der Waals surface area contributed by atoms with E-state index in [-0.39, 0.29) is 0 Å². The Balaban J connectivity index is 1.33. The van der Waals surface area contributed by atoms with Crippen molar-refractivity contribution in [1.29, 1.82) is 5.26 Å². The second-order valence-electron chi connectivity index (χ2n) is 9.05. The molecule has 0 aromatic carbocycles. The third-order valence-corrected chi connectivity index (χ3v) is 6.68. The third-order valence-electron chi connectivity index (χ3n) is 6.68. The van der Waals surface area contributed by atoms with Crippen LogP contribution in [0.25, 0.3) is 11.4 Å². The SMILES string of the molecule is COCCNC1CCC(Nc2nccc(-c3cc(NCC4(C#N)CCOCC4)ncn3)n2)CC1. The molecule has 1 saturated carbocycles. The summed E-state index contributed by atoms with van der Waals surface area (Å²) in [4.78, 5) is 17.8. The van der Waals surface area contributed by atoms with Gasteiger partial charge in [0, 0.05) is 57.8 Å². The largest absolute Gasteiger partial charge is 0.383 e. The molecule has 4 rings (SSSR count). The molecule has 2 aliphatic rings. The van der Waals surface area contributed by atoms with E-state index in [1.165, 1.54) is 6.33 Å². The van der Waals surface area contributed by atoms with Gasteiger partial charge in [0.1, 0.15) is 12.1 Å². The Hall–Kier alpha value is -2.87. The van der Waals surface area contributed by atoms with Crippen molar-refractivity contribution in [3.63, 3.8) is 0 Å². The molecule has 34 heavy (non-hydrogen) atoms. The van der Waals surface area contributed by atoms with Crippen LogP contribution in [0.5, 0.6) is 0 Å². The van der Waals surface area contributed by atoms with Crippen LogP contribution in [-0.2, 0) is 9.47 Å². The first kappa shape index (κ1) is 24.3. The molecule has 10 heteroatoms. The highest BCUT2D eigenvalue weighted by molar-refractivity contribution is 5.59. The third kappa shape index (κ3) is 6.59. The molecule has 0 unspecified atom stereocenters. The maximum Gasteiger partial charge on any atom is 0.223 e. The van der Waals surface area contributed by atoms with E-state index >= 15 is 0 Å². The average Bonchev–Trinajstić information content (AvgIpc) is 2.90. The monoisotopic (exact) mass is 466 g/mol. The second kappa shape index (κ2) is 12.0. The zero-order valence-electron chi connectivity index (χ0n) is 19.8. The van der Waals surface area contributed by atoms with Gasteiger partial charge in [-0.1, -0.05) is 0 Å². The van der Waals surface area contributed by atoms with Gasteiger partial charge in [-0.15, -0.1) is 0 Å². The maximum atomic E-state index is 9.67. The molecule has 0 spiro atoms. The van der Waals surface area contributed by atoms with Crippen molar-refractivity contribution in [2.75, 3.05) is 50.7 Å².